The second-order valence-electron chi connectivity index (χ2n) is 2.91. The number of carbonyl (C=O) groups excluding carboxylic acids is 1. The minimum absolute atomic E-state index is 0.0630. The van der Waals surface area contributed by atoms with Gasteiger partial charge in [-0.05, 0) is 31.9 Å². The Labute approximate surface area is 72.2 Å². The molecule has 0 saturated carbocycles. The van der Waals surface area contributed by atoms with E-state index in [1.54, 1.807) is 0 Å². The first-order chi connectivity index (χ1) is 5.33. The fourth-order valence-corrected chi connectivity index (χ4v) is 2.60. The Morgan fingerprint density at radius 1 is 1.64 bits per heavy atom. The predicted octanol–water partition coefficient (Wildman–Crippen LogP) is 2.42. The van der Waals surface area contributed by atoms with Crippen LogP contribution in [0.1, 0.15) is 26.2 Å². The van der Waals surface area contributed by atoms with E-state index in [2.05, 4.69) is 6.08 Å². The lowest BCUT2D eigenvalue weighted by atomic mass is 10.0. The summed E-state index contributed by atoms with van der Waals surface area (Å²) in [7, 11) is 0. The molecule has 11 heavy (non-hydrogen) atoms. The van der Waals surface area contributed by atoms with Crippen molar-refractivity contribution in [1.29, 1.82) is 0 Å². The molecule has 0 radical (unpaired) electrons. The van der Waals surface area contributed by atoms with E-state index in [9.17, 15) is 4.79 Å². The Hall–Kier alpha value is -0.240. The zero-order chi connectivity index (χ0) is 8.16. The van der Waals surface area contributed by atoms with Crippen LogP contribution in [-0.4, -0.2) is 16.8 Å². The van der Waals surface area contributed by atoms with E-state index < -0.39 is 0 Å². The van der Waals surface area contributed by atoms with Crippen molar-refractivity contribution in [3.63, 3.8) is 0 Å². The van der Waals surface area contributed by atoms with E-state index in [4.69, 9.17) is 0 Å². The molecule has 1 nitrogen and oxygen atoms in total. The van der Waals surface area contributed by atoms with E-state index >= 15 is 0 Å². The third-order valence-electron chi connectivity index (χ3n) is 2.05. The second-order valence-corrected chi connectivity index (χ2v) is 4.42. The van der Waals surface area contributed by atoms with Crippen LogP contribution in [0.3, 0.4) is 0 Å². The average molecular weight is 170 g/mol. The molecular formula is C9H14OS. The largest absolute Gasteiger partial charge is 0.302 e. The van der Waals surface area contributed by atoms with Gasteiger partial charge in [0.05, 0.1) is 4.75 Å². The maximum absolute atomic E-state index is 10.8. The van der Waals surface area contributed by atoms with Gasteiger partial charge in [-0.1, -0.05) is 12.2 Å². The van der Waals surface area contributed by atoms with E-state index in [1.807, 2.05) is 24.8 Å². The molecular weight excluding hydrogens is 156 g/mol. The molecule has 1 aliphatic rings. The van der Waals surface area contributed by atoms with Crippen molar-refractivity contribution >= 4 is 18.0 Å². The summed E-state index contributed by atoms with van der Waals surface area (Å²) in [6, 6.07) is 0. The van der Waals surface area contributed by atoms with Gasteiger partial charge in [0.15, 0.2) is 0 Å². The minimum atomic E-state index is -0.0630. The third kappa shape index (κ3) is 2.09. The molecule has 1 aliphatic heterocycles. The second kappa shape index (κ2) is 3.96. The molecule has 1 rings (SSSR count). The average Bonchev–Trinajstić information content (AvgIpc) is 2.50. The summed E-state index contributed by atoms with van der Waals surface area (Å²) in [5.41, 5.74) is 0. The fraction of sp³-hybridized carbons (Fsp3) is 0.667. The first kappa shape index (κ1) is 8.85. The number of rotatable bonds is 3. The van der Waals surface area contributed by atoms with Gasteiger partial charge in [0.25, 0.3) is 0 Å². The number of carbonyl (C=O) groups is 1. The van der Waals surface area contributed by atoms with Gasteiger partial charge in [-0.2, -0.15) is 0 Å². The van der Waals surface area contributed by atoms with Crippen LogP contribution in [0.2, 0.25) is 0 Å². The zero-order valence-electron chi connectivity index (χ0n) is 6.88. The van der Waals surface area contributed by atoms with Crippen LogP contribution in [0.25, 0.3) is 0 Å². The van der Waals surface area contributed by atoms with Crippen molar-refractivity contribution in [2.45, 2.75) is 30.9 Å². The summed E-state index contributed by atoms with van der Waals surface area (Å²) in [6.45, 7) is 2.00. The number of thioether (sulfide) groups is 1. The first-order valence-corrected chi connectivity index (χ1v) is 5.03. The molecule has 0 aromatic carbocycles. The molecule has 0 aliphatic carbocycles. The monoisotopic (exact) mass is 170 g/mol. The molecule has 1 saturated heterocycles. The van der Waals surface area contributed by atoms with Crippen LogP contribution in [0.5, 0.6) is 0 Å². The zero-order valence-corrected chi connectivity index (χ0v) is 7.69. The molecule has 0 amide bonds. The lowest BCUT2D eigenvalue weighted by Crippen LogP contribution is -2.21. The summed E-state index contributed by atoms with van der Waals surface area (Å²) in [5.74, 6) is 1.15. The SMILES string of the molecule is C/C=C/CC1(C=O)CCCS1. The molecule has 62 valence electrons. The van der Waals surface area contributed by atoms with Crippen molar-refractivity contribution in [1.82, 2.24) is 0 Å². The Bertz CT molecular complexity index is 157. The van der Waals surface area contributed by atoms with Gasteiger partial charge in [0.2, 0.25) is 0 Å². The summed E-state index contributed by atoms with van der Waals surface area (Å²) in [6.07, 6.45) is 8.41. The molecule has 0 aromatic heterocycles. The van der Waals surface area contributed by atoms with Crippen molar-refractivity contribution < 1.29 is 4.79 Å². The molecule has 0 N–H and O–H groups in total. The third-order valence-corrected chi connectivity index (χ3v) is 3.58. The molecule has 2 heteroatoms. The Kier molecular flexibility index (Phi) is 3.18. The standard InChI is InChI=1S/C9H14OS/c1-2-3-5-9(8-10)6-4-7-11-9/h2-3,8H,4-7H2,1H3/b3-2+. The summed E-state index contributed by atoms with van der Waals surface area (Å²) in [4.78, 5) is 10.8. The molecule has 1 atom stereocenters. The topological polar surface area (TPSA) is 17.1 Å². The number of aldehydes is 1. The molecule has 0 spiro atoms. The quantitative estimate of drug-likeness (QED) is 0.478. The van der Waals surface area contributed by atoms with Gasteiger partial charge < -0.3 is 4.79 Å². The number of hydrogen-bond acceptors (Lipinski definition) is 2. The van der Waals surface area contributed by atoms with Crippen molar-refractivity contribution in [2.24, 2.45) is 0 Å². The number of allylic oxidation sites excluding steroid dienone is 2. The van der Waals surface area contributed by atoms with Gasteiger partial charge in [-0.25, -0.2) is 0 Å². The molecule has 0 aromatic rings. The molecule has 1 fully saturated rings. The van der Waals surface area contributed by atoms with Crippen LogP contribution < -0.4 is 0 Å². The van der Waals surface area contributed by atoms with Gasteiger partial charge in [0.1, 0.15) is 6.29 Å². The van der Waals surface area contributed by atoms with E-state index in [-0.39, 0.29) is 4.75 Å². The molecule has 1 heterocycles. The maximum atomic E-state index is 10.8. The van der Waals surface area contributed by atoms with Gasteiger partial charge >= 0.3 is 0 Å². The number of hydrogen-bond donors (Lipinski definition) is 0. The van der Waals surface area contributed by atoms with Crippen molar-refractivity contribution in [2.75, 3.05) is 5.75 Å². The lowest BCUT2D eigenvalue weighted by Gasteiger charge is -2.17. The Morgan fingerprint density at radius 2 is 2.45 bits per heavy atom. The highest BCUT2D eigenvalue weighted by atomic mass is 32.2. The first-order valence-electron chi connectivity index (χ1n) is 4.04. The smallest absolute Gasteiger partial charge is 0.136 e. The van der Waals surface area contributed by atoms with Crippen LogP contribution >= 0.6 is 11.8 Å². The maximum Gasteiger partial charge on any atom is 0.136 e. The predicted molar refractivity (Wildman–Crippen MR) is 49.9 cm³/mol. The van der Waals surface area contributed by atoms with Gasteiger partial charge in [-0.15, -0.1) is 11.8 Å². The summed E-state index contributed by atoms with van der Waals surface area (Å²) < 4.78 is -0.0630. The Morgan fingerprint density at radius 3 is 2.91 bits per heavy atom. The normalized spacial score (nSPS) is 31.4. The highest BCUT2D eigenvalue weighted by Crippen LogP contribution is 2.39. The minimum Gasteiger partial charge on any atom is -0.302 e. The van der Waals surface area contributed by atoms with Gasteiger partial charge in [-0.3, -0.25) is 0 Å². The molecule has 0 bridgehead atoms. The van der Waals surface area contributed by atoms with Crippen LogP contribution in [0.15, 0.2) is 12.2 Å². The van der Waals surface area contributed by atoms with Crippen LogP contribution in [-0.2, 0) is 4.79 Å². The van der Waals surface area contributed by atoms with Crippen LogP contribution in [0, 0.1) is 0 Å². The lowest BCUT2D eigenvalue weighted by molar-refractivity contribution is -0.109. The summed E-state index contributed by atoms with van der Waals surface area (Å²) in [5, 5.41) is 0. The van der Waals surface area contributed by atoms with Gasteiger partial charge in [0, 0.05) is 0 Å². The van der Waals surface area contributed by atoms with Crippen molar-refractivity contribution in [3.8, 4) is 0 Å². The van der Waals surface area contributed by atoms with E-state index in [0.29, 0.717) is 0 Å². The van der Waals surface area contributed by atoms with E-state index in [1.165, 1.54) is 6.42 Å². The highest BCUT2D eigenvalue weighted by molar-refractivity contribution is 8.01. The highest BCUT2D eigenvalue weighted by Gasteiger charge is 2.32. The van der Waals surface area contributed by atoms with E-state index in [0.717, 1.165) is 24.9 Å². The molecule has 1 unspecified atom stereocenters. The summed E-state index contributed by atoms with van der Waals surface area (Å²) >= 11 is 1.81. The Balaban J connectivity index is 2.52. The fourth-order valence-electron chi connectivity index (χ4n) is 1.34. The van der Waals surface area contributed by atoms with Crippen molar-refractivity contribution in [3.05, 3.63) is 12.2 Å². The van der Waals surface area contributed by atoms with Crippen LogP contribution in [0.4, 0.5) is 0 Å².